The molecule has 2 atom stereocenters. The lowest BCUT2D eigenvalue weighted by Gasteiger charge is -2.34. The van der Waals surface area contributed by atoms with Crippen molar-refractivity contribution in [1.29, 1.82) is 0 Å². The second kappa shape index (κ2) is 10.5. The Kier molecular flexibility index (Phi) is 6.57. The fraction of sp³-hybridized carbons (Fsp3) is 0.324. The van der Waals surface area contributed by atoms with Crippen LogP contribution in [0, 0.1) is 0 Å². The van der Waals surface area contributed by atoms with Crippen molar-refractivity contribution >= 4 is 35.5 Å². The number of aliphatic imine (C=N–C) groups is 1. The van der Waals surface area contributed by atoms with Crippen molar-refractivity contribution in [2.24, 2.45) is 4.99 Å². The number of nitrogens with zero attached hydrogens (tertiary/aromatic N) is 2. The van der Waals surface area contributed by atoms with Crippen LogP contribution in [-0.4, -0.2) is 49.2 Å². The maximum atomic E-state index is 13.1. The number of rotatable bonds is 8. The lowest BCUT2D eigenvalue weighted by atomic mass is 9.71. The molecule has 1 fully saturated rings. The Morgan fingerprint density at radius 2 is 2.05 bits per heavy atom. The normalized spacial score (nSPS) is 20.9. The number of unbranched alkanes of at least 4 members (excludes halogenated alkanes) is 1. The number of carbonyl (C=O) groups excluding carboxylic acids is 2. The average Bonchev–Trinajstić information content (AvgIpc) is 3.43. The highest BCUT2D eigenvalue weighted by atomic mass is 16.5. The molecule has 0 aromatic heterocycles. The first-order valence-corrected chi connectivity index (χ1v) is 14.5. The predicted molar refractivity (Wildman–Crippen MR) is 160 cm³/mol. The van der Waals surface area contributed by atoms with Gasteiger partial charge in [-0.3, -0.25) is 14.6 Å². The zero-order valence-corrected chi connectivity index (χ0v) is 23.2. The predicted octanol–water partition coefficient (Wildman–Crippen LogP) is 6.29. The topological polar surface area (TPSA) is 80.2 Å². The zero-order valence-electron chi connectivity index (χ0n) is 23.2. The van der Waals surface area contributed by atoms with E-state index in [9.17, 15) is 9.59 Å². The number of fused-ring (bicyclic) bond motifs is 2. The van der Waals surface area contributed by atoms with Crippen molar-refractivity contribution in [3.63, 3.8) is 0 Å². The van der Waals surface area contributed by atoms with Crippen molar-refractivity contribution in [2.75, 3.05) is 25.6 Å². The van der Waals surface area contributed by atoms with Gasteiger partial charge >= 0.3 is 0 Å². The number of nitrogens with one attached hydrogen (secondary N) is 1. The maximum Gasteiger partial charge on any atom is 0.256 e. The third-order valence-electron chi connectivity index (χ3n) is 8.70. The number of amides is 2. The van der Waals surface area contributed by atoms with Gasteiger partial charge in [0, 0.05) is 42.4 Å². The molecule has 2 amide bonds. The number of allylic oxidation sites excluding steroid dienone is 7. The average molecular weight is 548 g/mol. The van der Waals surface area contributed by atoms with E-state index < -0.39 is 0 Å². The van der Waals surface area contributed by atoms with E-state index in [1.165, 1.54) is 22.3 Å². The van der Waals surface area contributed by atoms with Crippen LogP contribution < -0.4 is 14.8 Å². The van der Waals surface area contributed by atoms with Crippen LogP contribution in [0.15, 0.2) is 70.8 Å². The molecular formula is C34H33N3O4. The molecule has 0 spiro atoms. The summed E-state index contributed by atoms with van der Waals surface area (Å²) in [4.78, 5) is 32.5. The Labute approximate surface area is 239 Å². The van der Waals surface area contributed by atoms with Gasteiger partial charge in [-0.15, -0.1) is 0 Å². The molecule has 208 valence electrons. The van der Waals surface area contributed by atoms with E-state index in [1.54, 1.807) is 19.2 Å². The molecule has 5 aliphatic rings. The SMILES string of the molecule is COc1cc2c(cc1OCCCCC(=O)Nc1ccc3c4c1C=CC1=CC=CC(=CC3)C14)N=CC1CCCN1C2=O. The van der Waals surface area contributed by atoms with Crippen molar-refractivity contribution in [3.8, 4) is 11.5 Å². The molecule has 2 unspecified atom stereocenters. The molecular weight excluding hydrogens is 514 g/mol. The molecule has 0 saturated carbocycles. The van der Waals surface area contributed by atoms with E-state index in [-0.39, 0.29) is 23.8 Å². The van der Waals surface area contributed by atoms with Gasteiger partial charge in [0.15, 0.2) is 11.5 Å². The van der Waals surface area contributed by atoms with Gasteiger partial charge in [0.25, 0.3) is 5.91 Å². The summed E-state index contributed by atoms with van der Waals surface area (Å²) in [5, 5.41) is 3.16. The highest BCUT2D eigenvalue weighted by Crippen LogP contribution is 2.47. The minimum atomic E-state index is -0.0104. The fourth-order valence-corrected chi connectivity index (χ4v) is 6.63. The van der Waals surface area contributed by atoms with E-state index in [2.05, 4.69) is 52.8 Å². The summed E-state index contributed by atoms with van der Waals surface area (Å²) in [6.07, 6.45) is 19.7. The molecule has 2 aromatic rings. The molecule has 2 aromatic carbocycles. The third-order valence-corrected chi connectivity index (χ3v) is 8.70. The molecule has 41 heavy (non-hydrogen) atoms. The van der Waals surface area contributed by atoms with Gasteiger partial charge in [-0.05, 0) is 66.5 Å². The van der Waals surface area contributed by atoms with Crippen LogP contribution >= 0.6 is 0 Å². The van der Waals surface area contributed by atoms with Gasteiger partial charge in [-0.1, -0.05) is 42.5 Å². The largest absolute Gasteiger partial charge is 0.493 e. The minimum Gasteiger partial charge on any atom is -0.493 e. The van der Waals surface area contributed by atoms with Crippen LogP contribution in [0.25, 0.3) is 6.08 Å². The molecule has 2 heterocycles. The summed E-state index contributed by atoms with van der Waals surface area (Å²) < 4.78 is 11.6. The van der Waals surface area contributed by atoms with Crippen molar-refractivity contribution in [3.05, 3.63) is 88.0 Å². The second-order valence-corrected chi connectivity index (χ2v) is 11.2. The van der Waals surface area contributed by atoms with Crippen molar-refractivity contribution in [2.45, 2.75) is 50.5 Å². The smallest absolute Gasteiger partial charge is 0.256 e. The Morgan fingerprint density at radius 3 is 2.95 bits per heavy atom. The number of methoxy groups -OCH3 is 1. The number of hydrogen-bond donors (Lipinski definition) is 1. The standard InChI is InChI=1S/C34H33N3O4/c1-40-29-18-26-28(35-20-24-8-5-16-37(24)34(26)39)19-30(29)41-17-3-2-9-31(38)36-27-15-13-23-11-10-21-6-4-7-22-12-14-25(27)33(23)32(21)22/h4,6-7,10,12-15,18-20,24,32H,2-3,5,8-9,11,16-17H2,1H3,(H,36,38). The van der Waals surface area contributed by atoms with Crippen LogP contribution in [0.5, 0.6) is 11.5 Å². The van der Waals surface area contributed by atoms with Gasteiger partial charge in [0.2, 0.25) is 5.91 Å². The molecule has 7 rings (SSSR count). The van der Waals surface area contributed by atoms with Gasteiger partial charge in [0.1, 0.15) is 0 Å². The van der Waals surface area contributed by atoms with Crippen molar-refractivity contribution in [1.82, 2.24) is 4.90 Å². The first kappa shape index (κ1) is 25.6. The van der Waals surface area contributed by atoms with Crippen LogP contribution in [-0.2, 0) is 11.2 Å². The monoisotopic (exact) mass is 547 g/mol. The first-order valence-electron chi connectivity index (χ1n) is 14.5. The minimum absolute atomic E-state index is 0.00191. The van der Waals surface area contributed by atoms with E-state index in [1.807, 2.05) is 17.2 Å². The Balaban J connectivity index is 0.961. The van der Waals surface area contributed by atoms with E-state index in [4.69, 9.17) is 9.47 Å². The highest BCUT2D eigenvalue weighted by Gasteiger charge is 2.33. The maximum absolute atomic E-state index is 13.1. The number of anilines is 1. The Morgan fingerprint density at radius 1 is 1.12 bits per heavy atom. The summed E-state index contributed by atoms with van der Waals surface area (Å²) in [6.45, 7) is 1.18. The summed E-state index contributed by atoms with van der Waals surface area (Å²) in [5.41, 5.74) is 8.46. The van der Waals surface area contributed by atoms with Crippen LogP contribution in [0.3, 0.4) is 0 Å². The van der Waals surface area contributed by atoms with Crippen LogP contribution in [0.1, 0.15) is 65.1 Å². The molecule has 0 bridgehead atoms. The first-order chi connectivity index (χ1) is 20.1. The molecule has 0 radical (unpaired) electrons. The Hall–Kier alpha value is -4.39. The summed E-state index contributed by atoms with van der Waals surface area (Å²) >= 11 is 0. The van der Waals surface area contributed by atoms with E-state index >= 15 is 0 Å². The van der Waals surface area contributed by atoms with Crippen LogP contribution in [0.4, 0.5) is 11.4 Å². The summed E-state index contributed by atoms with van der Waals surface area (Å²) in [7, 11) is 1.57. The molecule has 2 aliphatic heterocycles. The lowest BCUT2D eigenvalue weighted by Crippen LogP contribution is -2.35. The molecule has 3 aliphatic carbocycles. The number of carbonyl (C=O) groups is 2. The third kappa shape index (κ3) is 4.59. The number of ether oxygens (including phenoxy) is 2. The molecule has 7 heteroatoms. The van der Waals surface area contributed by atoms with Gasteiger partial charge in [-0.25, -0.2) is 0 Å². The summed E-state index contributed by atoms with van der Waals surface area (Å²) in [6, 6.07) is 7.77. The summed E-state index contributed by atoms with van der Waals surface area (Å²) in [5.74, 6) is 1.33. The quantitative estimate of drug-likeness (QED) is 0.394. The Bertz CT molecular complexity index is 1600. The zero-order chi connectivity index (χ0) is 27.9. The molecule has 7 nitrogen and oxygen atoms in total. The van der Waals surface area contributed by atoms with Crippen molar-refractivity contribution < 1.29 is 19.1 Å². The molecule has 1 saturated heterocycles. The second-order valence-electron chi connectivity index (χ2n) is 11.2. The highest BCUT2D eigenvalue weighted by molar-refractivity contribution is 6.03. The van der Waals surface area contributed by atoms with Crippen LogP contribution in [0.2, 0.25) is 0 Å². The number of benzene rings is 2. The molecule has 1 N–H and O–H groups in total. The lowest BCUT2D eigenvalue weighted by molar-refractivity contribution is -0.116. The van der Waals surface area contributed by atoms with Gasteiger partial charge < -0.3 is 19.7 Å². The van der Waals surface area contributed by atoms with Gasteiger partial charge in [0.05, 0.1) is 31.0 Å². The van der Waals surface area contributed by atoms with E-state index in [0.717, 1.165) is 37.1 Å². The van der Waals surface area contributed by atoms with Gasteiger partial charge in [-0.2, -0.15) is 0 Å². The fourth-order valence-electron chi connectivity index (χ4n) is 6.63. The van der Waals surface area contributed by atoms with E-state index in [0.29, 0.717) is 48.6 Å². The number of hydrogen-bond acceptors (Lipinski definition) is 5.